The van der Waals surface area contributed by atoms with E-state index >= 15 is 0 Å². The summed E-state index contributed by atoms with van der Waals surface area (Å²) in [5.41, 5.74) is 0.921. The number of nitrogens with one attached hydrogen (secondary N) is 1. The third-order valence-electron chi connectivity index (χ3n) is 3.72. The van der Waals surface area contributed by atoms with Crippen LogP contribution in [0.5, 0.6) is 11.5 Å². The average Bonchev–Trinajstić information content (AvgIpc) is 3.21. The van der Waals surface area contributed by atoms with Gasteiger partial charge >= 0.3 is 0 Å². The summed E-state index contributed by atoms with van der Waals surface area (Å²) in [5, 5.41) is 3.11. The molecule has 0 radical (unpaired) electrons. The first kappa shape index (κ1) is 18.7. The number of anilines is 1. The van der Waals surface area contributed by atoms with E-state index in [9.17, 15) is 4.79 Å². The quantitative estimate of drug-likeness (QED) is 0.664. The number of aromatic nitrogens is 3. The number of nitrogens with zero attached hydrogens (tertiary/aromatic N) is 3. The first-order chi connectivity index (χ1) is 13.1. The van der Waals surface area contributed by atoms with Gasteiger partial charge in [-0.15, -0.1) is 0 Å². The Kier molecular flexibility index (Phi) is 5.93. The van der Waals surface area contributed by atoms with Crippen molar-refractivity contribution in [2.45, 2.75) is 13.3 Å². The van der Waals surface area contributed by atoms with Crippen LogP contribution in [0.2, 0.25) is 5.02 Å². The third-order valence-corrected chi connectivity index (χ3v) is 4.00. The summed E-state index contributed by atoms with van der Waals surface area (Å²) in [7, 11) is 1.50. The van der Waals surface area contributed by atoms with Gasteiger partial charge in [-0.25, -0.2) is 9.97 Å². The van der Waals surface area contributed by atoms with Crippen molar-refractivity contribution in [1.29, 1.82) is 0 Å². The number of rotatable bonds is 7. The van der Waals surface area contributed by atoms with Gasteiger partial charge in [0.1, 0.15) is 12.1 Å². The van der Waals surface area contributed by atoms with Gasteiger partial charge in [-0.3, -0.25) is 9.36 Å². The van der Waals surface area contributed by atoms with Crippen LogP contribution in [0.25, 0.3) is 5.82 Å². The molecule has 1 amide bonds. The summed E-state index contributed by atoms with van der Waals surface area (Å²) < 4.78 is 12.7. The van der Waals surface area contributed by atoms with Crippen molar-refractivity contribution < 1.29 is 14.3 Å². The Morgan fingerprint density at radius 3 is 2.81 bits per heavy atom. The standard InChI is InChI=1S/C19H19ClN4O3/c1-3-8-27-18-15(20)9-13(10-16(18)26-2)19(25)23-14-4-5-17(22-11-14)24-7-6-21-12-24/h4-7,9-12H,3,8H2,1-2H3,(H,23,25). The monoisotopic (exact) mass is 386 g/mol. The van der Waals surface area contributed by atoms with Crippen LogP contribution >= 0.6 is 11.6 Å². The first-order valence-corrected chi connectivity index (χ1v) is 8.76. The number of carbonyl (C=O) groups is 1. The molecule has 0 unspecified atom stereocenters. The van der Waals surface area contributed by atoms with E-state index < -0.39 is 0 Å². The Hall–Kier alpha value is -3.06. The Bertz CT molecular complexity index is 911. The number of hydrogen-bond donors (Lipinski definition) is 1. The number of imidazole rings is 1. The molecule has 27 heavy (non-hydrogen) atoms. The van der Waals surface area contributed by atoms with Gasteiger partial charge < -0.3 is 14.8 Å². The number of methoxy groups -OCH3 is 1. The van der Waals surface area contributed by atoms with Gasteiger partial charge in [0.2, 0.25) is 0 Å². The molecule has 0 fully saturated rings. The van der Waals surface area contributed by atoms with Crippen LogP contribution in [0, 0.1) is 0 Å². The predicted octanol–water partition coefficient (Wildman–Crippen LogP) is 3.97. The number of ether oxygens (including phenoxy) is 2. The second kappa shape index (κ2) is 8.55. The topological polar surface area (TPSA) is 78.3 Å². The van der Waals surface area contributed by atoms with E-state index in [-0.39, 0.29) is 5.91 Å². The van der Waals surface area contributed by atoms with Crippen molar-refractivity contribution in [3.8, 4) is 17.3 Å². The highest BCUT2D eigenvalue weighted by atomic mass is 35.5. The number of benzene rings is 1. The Labute approximate surface area is 161 Å². The third kappa shape index (κ3) is 4.38. The molecule has 0 aliphatic heterocycles. The molecule has 3 rings (SSSR count). The molecule has 0 saturated carbocycles. The van der Waals surface area contributed by atoms with Crippen LogP contribution in [0.1, 0.15) is 23.7 Å². The van der Waals surface area contributed by atoms with Crippen molar-refractivity contribution >= 4 is 23.2 Å². The molecule has 140 valence electrons. The lowest BCUT2D eigenvalue weighted by molar-refractivity contribution is 0.102. The summed E-state index contributed by atoms with van der Waals surface area (Å²) >= 11 is 6.27. The molecule has 3 aromatic rings. The fourth-order valence-electron chi connectivity index (χ4n) is 2.41. The molecule has 0 aliphatic rings. The molecule has 0 spiro atoms. The summed E-state index contributed by atoms with van der Waals surface area (Å²) in [6, 6.07) is 6.70. The maximum absolute atomic E-state index is 12.6. The van der Waals surface area contributed by atoms with Crippen molar-refractivity contribution in [2.75, 3.05) is 19.0 Å². The summed E-state index contributed by atoms with van der Waals surface area (Å²) in [6.45, 7) is 2.50. The van der Waals surface area contributed by atoms with Crippen molar-refractivity contribution in [1.82, 2.24) is 14.5 Å². The van der Waals surface area contributed by atoms with Crippen LogP contribution < -0.4 is 14.8 Å². The van der Waals surface area contributed by atoms with E-state index in [1.165, 1.54) is 7.11 Å². The Morgan fingerprint density at radius 1 is 1.33 bits per heavy atom. The predicted molar refractivity (Wildman–Crippen MR) is 103 cm³/mol. The smallest absolute Gasteiger partial charge is 0.255 e. The van der Waals surface area contributed by atoms with Gasteiger partial charge in [0.25, 0.3) is 5.91 Å². The fourth-order valence-corrected chi connectivity index (χ4v) is 2.67. The van der Waals surface area contributed by atoms with E-state index in [1.807, 2.05) is 6.92 Å². The summed E-state index contributed by atoms with van der Waals surface area (Å²) in [5.74, 6) is 1.22. The largest absolute Gasteiger partial charge is 0.493 e. The molecule has 0 bridgehead atoms. The highest BCUT2D eigenvalue weighted by molar-refractivity contribution is 6.32. The molecule has 2 heterocycles. The van der Waals surface area contributed by atoms with Gasteiger partial charge in [0.15, 0.2) is 11.5 Å². The second-order valence-electron chi connectivity index (χ2n) is 5.67. The molecular weight excluding hydrogens is 368 g/mol. The Balaban J connectivity index is 1.76. The molecule has 8 heteroatoms. The zero-order valence-corrected chi connectivity index (χ0v) is 15.7. The molecule has 2 aromatic heterocycles. The van der Waals surface area contributed by atoms with Crippen LogP contribution in [0.4, 0.5) is 5.69 Å². The van der Waals surface area contributed by atoms with Gasteiger partial charge in [-0.2, -0.15) is 0 Å². The van der Waals surface area contributed by atoms with E-state index in [0.29, 0.717) is 40.2 Å². The van der Waals surface area contributed by atoms with Gasteiger partial charge in [0, 0.05) is 18.0 Å². The van der Waals surface area contributed by atoms with Crippen molar-refractivity contribution in [3.63, 3.8) is 0 Å². The zero-order valence-electron chi connectivity index (χ0n) is 15.0. The van der Waals surface area contributed by atoms with Crippen LogP contribution in [0.3, 0.4) is 0 Å². The van der Waals surface area contributed by atoms with E-state index in [4.69, 9.17) is 21.1 Å². The average molecular weight is 387 g/mol. The number of hydrogen-bond acceptors (Lipinski definition) is 5. The molecule has 1 aromatic carbocycles. The molecule has 0 aliphatic carbocycles. The molecule has 1 N–H and O–H groups in total. The minimum Gasteiger partial charge on any atom is -0.493 e. The molecule has 7 nitrogen and oxygen atoms in total. The normalized spacial score (nSPS) is 10.5. The van der Waals surface area contributed by atoms with Crippen LogP contribution in [-0.2, 0) is 0 Å². The maximum Gasteiger partial charge on any atom is 0.255 e. The zero-order chi connectivity index (χ0) is 19.2. The second-order valence-corrected chi connectivity index (χ2v) is 6.07. The molecular formula is C19H19ClN4O3. The van der Waals surface area contributed by atoms with E-state index in [2.05, 4.69) is 15.3 Å². The Morgan fingerprint density at radius 2 is 2.19 bits per heavy atom. The molecule has 0 atom stereocenters. The number of amides is 1. The van der Waals surface area contributed by atoms with Gasteiger partial charge in [0.05, 0.1) is 30.6 Å². The lowest BCUT2D eigenvalue weighted by Gasteiger charge is -2.14. The van der Waals surface area contributed by atoms with E-state index in [1.54, 1.807) is 53.8 Å². The number of carbonyl (C=O) groups excluding carboxylic acids is 1. The lowest BCUT2D eigenvalue weighted by Crippen LogP contribution is -2.13. The van der Waals surface area contributed by atoms with E-state index in [0.717, 1.165) is 6.42 Å². The molecule has 0 saturated heterocycles. The summed E-state index contributed by atoms with van der Waals surface area (Å²) in [6.07, 6.45) is 7.52. The van der Waals surface area contributed by atoms with Crippen LogP contribution in [-0.4, -0.2) is 34.2 Å². The van der Waals surface area contributed by atoms with Crippen molar-refractivity contribution in [2.24, 2.45) is 0 Å². The highest BCUT2D eigenvalue weighted by Gasteiger charge is 2.16. The van der Waals surface area contributed by atoms with Crippen molar-refractivity contribution in [3.05, 3.63) is 59.8 Å². The minimum atomic E-state index is -0.325. The van der Waals surface area contributed by atoms with Crippen LogP contribution in [0.15, 0.2) is 49.2 Å². The maximum atomic E-state index is 12.6. The summed E-state index contributed by atoms with van der Waals surface area (Å²) in [4.78, 5) is 20.8. The SMILES string of the molecule is CCCOc1c(Cl)cc(C(=O)Nc2ccc(-n3ccnc3)nc2)cc1OC. The lowest BCUT2D eigenvalue weighted by atomic mass is 10.2. The minimum absolute atomic E-state index is 0.321. The number of pyridine rings is 1. The fraction of sp³-hybridized carbons (Fsp3) is 0.211. The van der Waals surface area contributed by atoms with Gasteiger partial charge in [-0.05, 0) is 30.7 Å². The highest BCUT2D eigenvalue weighted by Crippen LogP contribution is 2.36. The number of halogens is 1. The first-order valence-electron chi connectivity index (χ1n) is 8.38. The van der Waals surface area contributed by atoms with Gasteiger partial charge in [-0.1, -0.05) is 18.5 Å².